The Morgan fingerprint density at radius 1 is 0.960 bits per heavy atom. The standard InChI is InChI=1S/C19H14N4O2/c20-9-14-4-3-5-15(8-14)11-23-18(24)13-22(19(23)25)12-17-7-2-1-6-16(17)10-21/h1-8H,11-13H2. The lowest BCUT2D eigenvalue weighted by atomic mass is 10.1. The summed E-state index contributed by atoms with van der Waals surface area (Å²) < 4.78 is 0. The van der Waals surface area contributed by atoms with Crippen LogP contribution in [-0.4, -0.2) is 28.3 Å². The van der Waals surface area contributed by atoms with E-state index in [1.807, 2.05) is 6.07 Å². The van der Waals surface area contributed by atoms with Crippen LogP contribution < -0.4 is 0 Å². The molecule has 3 amide bonds. The fourth-order valence-electron chi connectivity index (χ4n) is 2.77. The Kier molecular flexibility index (Phi) is 4.45. The van der Waals surface area contributed by atoms with E-state index < -0.39 is 0 Å². The highest BCUT2D eigenvalue weighted by Crippen LogP contribution is 2.19. The maximum Gasteiger partial charge on any atom is 0.327 e. The van der Waals surface area contributed by atoms with Crippen LogP contribution in [0.4, 0.5) is 4.79 Å². The summed E-state index contributed by atoms with van der Waals surface area (Å²) in [5.41, 5.74) is 2.40. The molecular formula is C19H14N4O2. The largest absolute Gasteiger partial charge is 0.327 e. The van der Waals surface area contributed by atoms with Crippen LogP contribution in [0.25, 0.3) is 0 Å². The monoisotopic (exact) mass is 330 g/mol. The highest BCUT2D eigenvalue weighted by atomic mass is 16.2. The molecule has 0 aromatic heterocycles. The number of nitrogens with zero attached hydrogens (tertiary/aromatic N) is 4. The second kappa shape index (κ2) is 6.86. The van der Waals surface area contributed by atoms with E-state index in [1.165, 1.54) is 9.80 Å². The molecule has 0 bridgehead atoms. The first kappa shape index (κ1) is 16.2. The number of nitriles is 2. The van der Waals surface area contributed by atoms with Crippen LogP contribution >= 0.6 is 0 Å². The van der Waals surface area contributed by atoms with E-state index in [1.54, 1.807) is 48.5 Å². The average Bonchev–Trinajstić information content (AvgIpc) is 2.90. The summed E-state index contributed by atoms with van der Waals surface area (Å²) in [7, 11) is 0. The summed E-state index contributed by atoms with van der Waals surface area (Å²) in [5.74, 6) is -0.290. The molecule has 0 radical (unpaired) electrons. The minimum Gasteiger partial charge on any atom is -0.311 e. The fourth-order valence-corrected chi connectivity index (χ4v) is 2.77. The lowest BCUT2D eigenvalue weighted by Gasteiger charge is -2.17. The van der Waals surface area contributed by atoms with Crippen LogP contribution in [-0.2, 0) is 17.9 Å². The summed E-state index contributed by atoms with van der Waals surface area (Å²) in [6.07, 6.45) is 0. The molecule has 0 atom stereocenters. The number of hydrogen-bond acceptors (Lipinski definition) is 4. The van der Waals surface area contributed by atoms with Crippen molar-refractivity contribution in [3.63, 3.8) is 0 Å². The van der Waals surface area contributed by atoms with Gasteiger partial charge in [-0.25, -0.2) is 4.79 Å². The van der Waals surface area contributed by atoms with E-state index in [0.29, 0.717) is 16.7 Å². The molecule has 2 aromatic carbocycles. The summed E-state index contributed by atoms with van der Waals surface area (Å²) >= 11 is 0. The zero-order valence-electron chi connectivity index (χ0n) is 13.3. The molecule has 0 saturated carbocycles. The van der Waals surface area contributed by atoms with Crippen molar-refractivity contribution in [3.8, 4) is 12.1 Å². The molecule has 0 aliphatic carbocycles. The van der Waals surface area contributed by atoms with Gasteiger partial charge in [0.2, 0.25) is 0 Å². The smallest absolute Gasteiger partial charge is 0.311 e. The summed E-state index contributed by atoms with van der Waals surface area (Å²) in [4.78, 5) is 27.4. The zero-order valence-corrected chi connectivity index (χ0v) is 13.3. The summed E-state index contributed by atoms with van der Waals surface area (Å²) in [6, 6.07) is 17.6. The van der Waals surface area contributed by atoms with Gasteiger partial charge >= 0.3 is 6.03 Å². The maximum absolute atomic E-state index is 12.6. The third-order valence-corrected chi connectivity index (χ3v) is 4.02. The SMILES string of the molecule is N#Cc1cccc(CN2C(=O)CN(Cc3ccccc3C#N)C2=O)c1. The van der Waals surface area contributed by atoms with Gasteiger partial charge in [0, 0.05) is 6.54 Å². The molecule has 3 rings (SSSR count). The Balaban J connectivity index is 1.76. The first-order valence-corrected chi connectivity index (χ1v) is 7.68. The van der Waals surface area contributed by atoms with Crippen molar-refractivity contribution < 1.29 is 9.59 Å². The molecule has 0 spiro atoms. The molecule has 6 heteroatoms. The van der Waals surface area contributed by atoms with Crippen molar-refractivity contribution in [2.24, 2.45) is 0 Å². The van der Waals surface area contributed by atoms with Crippen LogP contribution in [0.5, 0.6) is 0 Å². The van der Waals surface area contributed by atoms with Gasteiger partial charge in [-0.2, -0.15) is 10.5 Å². The molecule has 1 aliphatic heterocycles. The molecule has 25 heavy (non-hydrogen) atoms. The first-order chi connectivity index (χ1) is 12.1. The number of amides is 3. The highest BCUT2D eigenvalue weighted by Gasteiger charge is 2.36. The number of carbonyl (C=O) groups excluding carboxylic acids is 2. The van der Waals surface area contributed by atoms with Gasteiger partial charge in [-0.1, -0.05) is 30.3 Å². The van der Waals surface area contributed by atoms with Crippen molar-refractivity contribution in [1.29, 1.82) is 10.5 Å². The zero-order chi connectivity index (χ0) is 17.8. The number of benzene rings is 2. The van der Waals surface area contributed by atoms with Crippen molar-refractivity contribution in [1.82, 2.24) is 9.80 Å². The van der Waals surface area contributed by atoms with Gasteiger partial charge < -0.3 is 4.90 Å². The van der Waals surface area contributed by atoms with Crippen LogP contribution in [0.3, 0.4) is 0 Å². The Morgan fingerprint density at radius 2 is 1.76 bits per heavy atom. The van der Waals surface area contributed by atoms with Crippen LogP contribution in [0.15, 0.2) is 48.5 Å². The van der Waals surface area contributed by atoms with Crippen LogP contribution in [0, 0.1) is 22.7 Å². The molecular weight excluding hydrogens is 316 g/mol. The van der Waals surface area contributed by atoms with E-state index in [0.717, 1.165) is 5.56 Å². The fraction of sp³-hybridized carbons (Fsp3) is 0.158. The molecule has 0 unspecified atom stereocenters. The first-order valence-electron chi connectivity index (χ1n) is 7.68. The van der Waals surface area contributed by atoms with Crippen molar-refractivity contribution >= 4 is 11.9 Å². The van der Waals surface area contributed by atoms with Gasteiger partial charge in [0.1, 0.15) is 6.54 Å². The number of carbonyl (C=O) groups is 2. The molecule has 1 aliphatic rings. The number of hydrogen-bond donors (Lipinski definition) is 0. The second-order valence-corrected chi connectivity index (χ2v) is 5.70. The summed E-state index contributed by atoms with van der Waals surface area (Å²) in [5, 5.41) is 18.1. The molecule has 0 N–H and O–H groups in total. The van der Waals surface area contributed by atoms with Gasteiger partial charge in [0.25, 0.3) is 5.91 Å². The Bertz CT molecular complexity index is 924. The molecule has 2 aromatic rings. The Labute approximate surface area is 145 Å². The number of imide groups is 1. The van der Waals surface area contributed by atoms with E-state index in [-0.39, 0.29) is 31.6 Å². The molecule has 6 nitrogen and oxygen atoms in total. The van der Waals surface area contributed by atoms with Crippen molar-refractivity contribution in [3.05, 3.63) is 70.8 Å². The predicted octanol–water partition coefficient (Wildman–Crippen LogP) is 2.39. The predicted molar refractivity (Wildman–Crippen MR) is 88.7 cm³/mol. The van der Waals surface area contributed by atoms with E-state index in [9.17, 15) is 9.59 Å². The molecule has 122 valence electrons. The van der Waals surface area contributed by atoms with E-state index >= 15 is 0 Å². The Hall–Kier alpha value is -3.64. The Morgan fingerprint density at radius 3 is 2.52 bits per heavy atom. The molecule has 1 saturated heterocycles. The second-order valence-electron chi connectivity index (χ2n) is 5.70. The minimum atomic E-state index is -0.389. The molecule has 1 heterocycles. The van der Waals surface area contributed by atoms with Crippen LogP contribution in [0.1, 0.15) is 22.3 Å². The minimum absolute atomic E-state index is 0.0173. The van der Waals surface area contributed by atoms with E-state index in [4.69, 9.17) is 10.5 Å². The van der Waals surface area contributed by atoms with Gasteiger partial charge in [-0.05, 0) is 29.3 Å². The maximum atomic E-state index is 12.6. The lowest BCUT2D eigenvalue weighted by Crippen LogP contribution is -2.32. The highest BCUT2D eigenvalue weighted by molar-refractivity contribution is 6.01. The van der Waals surface area contributed by atoms with Gasteiger partial charge in [-0.3, -0.25) is 9.69 Å². The van der Waals surface area contributed by atoms with Crippen molar-refractivity contribution in [2.45, 2.75) is 13.1 Å². The quantitative estimate of drug-likeness (QED) is 0.805. The third-order valence-electron chi connectivity index (χ3n) is 4.02. The molecule has 1 fully saturated rings. The summed E-state index contributed by atoms with van der Waals surface area (Å²) in [6.45, 7) is 0.323. The third kappa shape index (κ3) is 3.34. The average molecular weight is 330 g/mol. The van der Waals surface area contributed by atoms with Gasteiger partial charge in [0.15, 0.2) is 0 Å². The van der Waals surface area contributed by atoms with E-state index in [2.05, 4.69) is 6.07 Å². The number of rotatable bonds is 4. The van der Waals surface area contributed by atoms with Crippen molar-refractivity contribution in [2.75, 3.05) is 6.54 Å². The topological polar surface area (TPSA) is 88.2 Å². The van der Waals surface area contributed by atoms with Crippen LogP contribution in [0.2, 0.25) is 0 Å². The lowest BCUT2D eigenvalue weighted by molar-refractivity contribution is -0.125. The van der Waals surface area contributed by atoms with Gasteiger partial charge in [0.05, 0.1) is 29.8 Å². The van der Waals surface area contributed by atoms with Gasteiger partial charge in [-0.15, -0.1) is 0 Å². The normalized spacial score (nSPS) is 13.7. The number of urea groups is 1.